The first-order valence-corrected chi connectivity index (χ1v) is 10.0. The summed E-state index contributed by atoms with van der Waals surface area (Å²) in [5.74, 6) is 0.397. The minimum atomic E-state index is -4.67. The number of ether oxygens (including phenoxy) is 1. The molecule has 0 saturated heterocycles. The molecule has 0 saturated carbocycles. The van der Waals surface area contributed by atoms with E-state index in [9.17, 15) is 4.39 Å². The van der Waals surface area contributed by atoms with Gasteiger partial charge in [-0.1, -0.05) is 19.1 Å². The summed E-state index contributed by atoms with van der Waals surface area (Å²) in [7, 11) is -4.67. The highest BCUT2D eigenvalue weighted by Crippen LogP contribution is 2.31. The third-order valence-corrected chi connectivity index (χ3v) is 4.25. The molecule has 0 atom stereocenters. The van der Waals surface area contributed by atoms with E-state index in [0.717, 1.165) is 24.0 Å². The summed E-state index contributed by atoms with van der Waals surface area (Å²) >= 11 is 0. The van der Waals surface area contributed by atoms with Gasteiger partial charge in [0.05, 0.1) is 0 Å². The summed E-state index contributed by atoms with van der Waals surface area (Å²) < 4.78 is 52.8. The van der Waals surface area contributed by atoms with E-state index < -0.39 is 10.4 Å². The Hall–Kier alpha value is -2.49. The molecule has 1 aromatic carbocycles. The largest absolute Gasteiger partial charge is 0.471 e. The maximum atomic E-state index is 13.0. The second-order valence-corrected chi connectivity index (χ2v) is 7.13. The highest BCUT2D eigenvalue weighted by molar-refractivity contribution is 7.79. The van der Waals surface area contributed by atoms with Crippen LogP contribution in [0.4, 0.5) is 4.39 Å². The third kappa shape index (κ3) is 5.75. The molecule has 0 fully saturated rings. The van der Waals surface area contributed by atoms with Gasteiger partial charge < -0.3 is 9.30 Å². The van der Waals surface area contributed by atoms with Gasteiger partial charge in [-0.05, 0) is 49.6 Å². The first kappa shape index (κ1) is 21.8. The summed E-state index contributed by atoms with van der Waals surface area (Å²) in [5.41, 5.74) is 4.49. The molecular formula is C19H23FN2O5S. The average molecular weight is 410 g/mol. The van der Waals surface area contributed by atoms with Crippen LogP contribution in [-0.2, 0) is 23.6 Å². The van der Waals surface area contributed by atoms with Crippen LogP contribution in [0.5, 0.6) is 5.88 Å². The molecule has 28 heavy (non-hydrogen) atoms. The number of fused-ring (bicyclic) bond motifs is 1. The van der Waals surface area contributed by atoms with E-state index >= 15 is 0 Å². The molecule has 0 aliphatic heterocycles. The molecule has 2 heterocycles. The standard InChI is InChI=1S/C19H21FN2O.H2O4S/c1-4-11-22-14(3)13(2)17-9-10-21-19(18(17)22)23-12-15-5-7-16(20)8-6-15;1-5(2,3)4/h5-10H,4,11-12H2,1-3H3;(H2,1,2,3,4). The molecule has 9 heteroatoms. The fourth-order valence-corrected chi connectivity index (χ4v) is 2.90. The molecule has 2 N–H and O–H groups in total. The first-order chi connectivity index (χ1) is 13.1. The Morgan fingerprint density at radius 3 is 2.32 bits per heavy atom. The maximum absolute atomic E-state index is 13.0. The molecule has 0 aliphatic carbocycles. The van der Waals surface area contributed by atoms with Crippen molar-refractivity contribution < 1.29 is 26.7 Å². The van der Waals surface area contributed by atoms with Crippen LogP contribution in [-0.4, -0.2) is 27.1 Å². The highest BCUT2D eigenvalue weighted by Gasteiger charge is 2.15. The second-order valence-electron chi connectivity index (χ2n) is 6.24. The molecule has 0 bridgehead atoms. The summed E-state index contributed by atoms with van der Waals surface area (Å²) in [6.45, 7) is 7.74. The number of aromatic nitrogens is 2. The van der Waals surface area contributed by atoms with E-state index in [1.165, 1.54) is 28.8 Å². The van der Waals surface area contributed by atoms with E-state index in [1.54, 1.807) is 18.3 Å². The van der Waals surface area contributed by atoms with Crippen LogP contribution in [0.2, 0.25) is 0 Å². The molecule has 0 spiro atoms. The predicted octanol–water partition coefficient (Wildman–Crippen LogP) is 4.13. The van der Waals surface area contributed by atoms with E-state index in [2.05, 4.69) is 30.3 Å². The zero-order valence-electron chi connectivity index (χ0n) is 15.9. The van der Waals surface area contributed by atoms with Crippen LogP contribution in [0.15, 0.2) is 36.5 Å². The van der Waals surface area contributed by atoms with Crippen LogP contribution < -0.4 is 4.74 Å². The Balaban J connectivity index is 0.000000500. The van der Waals surface area contributed by atoms with Gasteiger partial charge in [-0.15, -0.1) is 0 Å². The Kier molecular flexibility index (Phi) is 7.11. The van der Waals surface area contributed by atoms with Crippen LogP contribution in [0, 0.1) is 19.7 Å². The average Bonchev–Trinajstić information content (AvgIpc) is 2.86. The molecule has 2 aromatic heterocycles. The van der Waals surface area contributed by atoms with Crippen LogP contribution in [0.25, 0.3) is 10.9 Å². The molecule has 0 unspecified atom stereocenters. The van der Waals surface area contributed by atoms with E-state index in [-0.39, 0.29) is 5.82 Å². The lowest BCUT2D eigenvalue weighted by Crippen LogP contribution is -2.03. The normalized spacial score (nSPS) is 11.2. The Morgan fingerprint density at radius 2 is 1.75 bits per heavy atom. The molecular weight excluding hydrogens is 387 g/mol. The van der Waals surface area contributed by atoms with Crippen molar-refractivity contribution in [3.05, 3.63) is 59.2 Å². The molecule has 0 radical (unpaired) electrons. The fraction of sp³-hybridized carbons (Fsp3) is 0.316. The third-order valence-electron chi connectivity index (χ3n) is 4.25. The highest BCUT2D eigenvalue weighted by atomic mass is 32.3. The van der Waals surface area contributed by atoms with E-state index in [0.29, 0.717) is 12.5 Å². The van der Waals surface area contributed by atoms with Gasteiger partial charge in [0.25, 0.3) is 0 Å². The van der Waals surface area contributed by atoms with Gasteiger partial charge in [0, 0.05) is 23.8 Å². The number of aryl methyl sites for hydroxylation is 2. The van der Waals surface area contributed by atoms with Crippen molar-refractivity contribution >= 4 is 21.3 Å². The zero-order chi connectivity index (χ0) is 20.9. The zero-order valence-corrected chi connectivity index (χ0v) is 16.7. The summed E-state index contributed by atoms with van der Waals surface area (Å²) in [6, 6.07) is 8.39. The fourth-order valence-electron chi connectivity index (χ4n) is 2.90. The van der Waals surface area contributed by atoms with Gasteiger partial charge in [0.2, 0.25) is 5.88 Å². The minimum Gasteiger partial charge on any atom is -0.471 e. The number of nitrogens with zero attached hydrogens (tertiary/aromatic N) is 2. The SMILES string of the molecule is CCCn1c(C)c(C)c2ccnc(OCc3ccc(F)cc3)c21.O=S(=O)(O)O. The molecule has 7 nitrogen and oxygen atoms in total. The van der Waals surface area contributed by atoms with Gasteiger partial charge in [0.15, 0.2) is 0 Å². The molecule has 152 valence electrons. The van der Waals surface area contributed by atoms with Crippen molar-refractivity contribution in [2.24, 2.45) is 0 Å². The predicted molar refractivity (Wildman–Crippen MR) is 104 cm³/mol. The van der Waals surface area contributed by atoms with Gasteiger partial charge in [-0.25, -0.2) is 9.37 Å². The molecule has 0 aliphatic rings. The Labute approximate surface area is 163 Å². The smallest absolute Gasteiger partial charge is 0.394 e. The lowest BCUT2D eigenvalue weighted by molar-refractivity contribution is 0.296. The summed E-state index contributed by atoms with van der Waals surface area (Å²) in [5, 5.41) is 1.18. The van der Waals surface area contributed by atoms with Crippen molar-refractivity contribution in [1.29, 1.82) is 0 Å². The monoisotopic (exact) mass is 410 g/mol. The lowest BCUT2D eigenvalue weighted by atomic mass is 10.2. The number of hydrogen-bond donors (Lipinski definition) is 2. The number of pyridine rings is 1. The van der Waals surface area contributed by atoms with Crippen molar-refractivity contribution in [3.63, 3.8) is 0 Å². The molecule has 0 amide bonds. The lowest BCUT2D eigenvalue weighted by Gasteiger charge is -2.11. The van der Waals surface area contributed by atoms with Gasteiger partial charge in [-0.3, -0.25) is 9.11 Å². The molecule has 3 aromatic rings. The van der Waals surface area contributed by atoms with Crippen molar-refractivity contribution in [2.45, 2.75) is 40.3 Å². The second kappa shape index (κ2) is 9.13. The number of halogens is 1. The van der Waals surface area contributed by atoms with Gasteiger partial charge in [-0.2, -0.15) is 8.42 Å². The van der Waals surface area contributed by atoms with Gasteiger partial charge in [0.1, 0.15) is 17.9 Å². The van der Waals surface area contributed by atoms with Crippen molar-refractivity contribution in [1.82, 2.24) is 9.55 Å². The topological polar surface area (TPSA) is 102 Å². The van der Waals surface area contributed by atoms with E-state index in [4.69, 9.17) is 22.3 Å². The minimum absolute atomic E-state index is 0.239. The van der Waals surface area contributed by atoms with Crippen LogP contribution in [0.1, 0.15) is 30.2 Å². The van der Waals surface area contributed by atoms with Gasteiger partial charge >= 0.3 is 10.4 Å². The van der Waals surface area contributed by atoms with Crippen molar-refractivity contribution in [2.75, 3.05) is 0 Å². The Morgan fingerprint density at radius 1 is 1.14 bits per heavy atom. The van der Waals surface area contributed by atoms with Crippen LogP contribution in [0.3, 0.4) is 0 Å². The first-order valence-electron chi connectivity index (χ1n) is 8.63. The Bertz CT molecular complexity index is 1040. The number of rotatable bonds is 5. The van der Waals surface area contributed by atoms with E-state index in [1.807, 2.05) is 6.07 Å². The summed E-state index contributed by atoms with van der Waals surface area (Å²) in [6.07, 6.45) is 2.83. The molecule has 3 rings (SSSR count). The van der Waals surface area contributed by atoms with Crippen molar-refractivity contribution in [3.8, 4) is 5.88 Å². The number of benzene rings is 1. The quantitative estimate of drug-likeness (QED) is 0.613. The van der Waals surface area contributed by atoms with Crippen LogP contribution >= 0.6 is 0 Å². The maximum Gasteiger partial charge on any atom is 0.394 e. The number of hydrogen-bond acceptors (Lipinski definition) is 4. The summed E-state index contributed by atoms with van der Waals surface area (Å²) in [4.78, 5) is 4.42.